The number of amides is 1. The van der Waals surface area contributed by atoms with Crippen LogP contribution < -0.4 is 4.90 Å². The fraction of sp³-hybridized carbons (Fsp3) is 0.222. The summed E-state index contributed by atoms with van der Waals surface area (Å²) in [6.45, 7) is 0. The fourth-order valence-corrected chi connectivity index (χ4v) is 3.32. The SMILES string of the molecule is CN1C(=O)C(CC(=O)O)(Cc2ccccc2)c2ccccc21. The molecule has 0 bridgehead atoms. The van der Waals surface area contributed by atoms with Crippen molar-refractivity contribution in [2.75, 3.05) is 11.9 Å². The first kappa shape index (κ1) is 14.3. The highest BCUT2D eigenvalue weighted by Gasteiger charge is 2.50. The summed E-state index contributed by atoms with van der Waals surface area (Å²) in [5.74, 6) is -1.12. The minimum Gasteiger partial charge on any atom is -0.481 e. The fourth-order valence-electron chi connectivity index (χ4n) is 3.32. The summed E-state index contributed by atoms with van der Waals surface area (Å²) in [7, 11) is 1.70. The van der Waals surface area contributed by atoms with Crippen LogP contribution in [0.4, 0.5) is 5.69 Å². The maximum atomic E-state index is 12.9. The Balaban J connectivity index is 2.14. The molecule has 3 rings (SSSR count). The van der Waals surface area contributed by atoms with E-state index in [1.54, 1.807) is 11.9 Å². The van der Waals surface area contributed by atoms with E-state index >= 15 is 0 Å². The van der Waals surface area contributed by atoms with Crippen LogP contribution >= 0.6 is 0 Å². The summed E-state index contributed by atoms with van der Waals surface area (Å²) in [5.41, 5.74) is 1.53. The Labute approximate surface area is 129 Å². The van der Waals surface area contributed by atoms with Gasteiger partial charge in [0.2, 0.25) is 5.91 Å². The Morgan fingerprint density at radius 3 is 2.41 bits per heavy atom. The first-order chi connectivity index (χ1) is 10.5. The van der Waals surface area contributed by atoms with E-state index in [9.17, 15) is 14.7 Å². The molecule has 1 unspecified atom stereocenters. The summed E-state index contributed by atoms with van der Waals surface area (Å²) in [6, 6.07) is 17.0. The molecule has 0 spiro atoms. The number of hydrogen-bond donors (Lipinski definition) is 1. The van der Waals surface area contributed by atoms with Crippen LogP contribution in [0.1, 0.15) is 17.5 Å². The molecule has 1 heterocycles. The van der Waals surface area contributed by atoms with Crippen LogP contribution in [0.5, 0.6) is 0 Å². The number of carboxylic acid groups (broad SMARTS) is 1. The molecule has 0 radical (unpaired) electrons. The molecule has 0 aliphatic carbocycles. The highest BCUT2D eigenvalue weighted by Crippen LogP contribution is 2.45. The Kier molecular flexibility index (Phi) is 3.45. The van der Waals surface area contributed by atoms with Gasteiger partial charge in [-0.2, -0.15) is 0 Å². The minimum absolute atomic E-state index is 0.153. The second-order valence-electron chi connectivity index (χ2n) is 5.70. The van der Waals surface area contributed by atoms with Crippen LogP contribution in [0.25, 0.3) is 0 Å². The van der Waals surface area contributed by atoms with E-state index in [2.05, 4.69) is 0 Å². The zero-order valence-electron chi connectivity index (χ0n) is 12.3. The van der Waals surface area contributed by atoms with Gasteiger partial charge in [-0.05, 0) is 23.6 Å². The van der Waals surface area contributed by atoms with E-state index in [1.807, 2.05) is 54.6 Å². The average molecular weight is 295 g/mol. The molecule has 1 aliphatic heterocycles. The lowest BCUT2D eigenvalue weighted by atomic mass is 9.74. The molecule has 1 aliphatic rings. The van der Waals surface area contributed by atoms with Gasteiger partial charge >= 0.3 is 5.97 Å². The van der Waals surface area contributed by atoms with E-state index in [1.165, 1.54) is 0 Å². The predicted octanol–water partition coefficient (Wildman–Crippen LogP) is 2.62. The number of likely N-dealkylation sites (N-methyl/N-ethyl adjacent to an activating group) is 1. The normalized spacial score (nSPS) is 20.0. The van der Waals surface area contributed by atoms with Crippen LogP contribution in [0.3, 0.4) is 0 Å². The van der Waals surface area contributed by atoms with Crippen LogP contribution in [0.2, 0.25) is 0 Å². The second kappa shape index (κ2) is 5.30. The van der Waals surface area contributed by atoms with Gasteiger partial charge in [0, 0.05) is 12.7 Å². The number of carboxylic acids is 1. The zero-order valence-corrected chi connectivity index (χ0v) is 12.3. The molecular formula is C18H17NO3. The molecule has 4 nitrogen and oxygen atoms in total. The van der Waals surface area contributed by atoms with Crippen molar-refractivity contribution in [1.29, 1.82) is 0 Å². The highest BCUT2D eigenvalue weighted by atomic mass is 16.4. The van der Waals surface area contributed by atoms with Crippen molar-refractivity contribution in [3.8, 4) is 0 Å². The van der Waals surface area contributed by atoms with Crippen molar-refractivity contribution in [2.24, 2.45) is 0 Å². The molecule has 2 aromatic rings. The second-order valence-corrected chi connectivity index (χ2v) is 5.70. The van der Waals surface area contributed by atoms with Crippen molar-refractivity contribution < 1.29 is 14.7 Å². The lowest BCUT2D eigenvalue weighted by Crippen LogP contribution is -2.42. The molecule has 1 amide bonds. The smallest absolute Gasteiger partial charge is 0.304 e. The quantitative estimate of drug-likeness (QED) is 0.943. The Morgan fingerprint density at radius 2 is 1.73 bits per heavy atom. The van der Waals surface area contributed by atoms with Gasteiger partial charge in [-0.15, -0.1) is 0 Å². The molecule has 0 saturated carbocycles. The number of carbonyl (C=O) groups excluding carboxylic acids is 1. The average Bonchev–Trinajstić information content (AvgIpc) is 2.71. The molecule has 0 fully saturated rings. The number of benzene rings is 2. The number of nitrogens with zero attached hydrogens (tertiary/aromatic N) is 1. The summed E-state index contributed by atoms with van der Waals surface area (Å²) >= 11 is 0. The monoisotopic (exact) mass is 295 g/mol. The van der Waals surface area contributed by atoms with E-state index < -0.39 is 11.4 Å². The van der Waals surface area contributed by atoms with Crippen molar-refractivity contribution in [3.05, 3.63) is 65.7 Å². The number of anilines is 1. The summed E-state index contributed by atoms with van der Waals surface area (Å²) in [5, 5.41) is 9.38. The standard InChI is InChI=1S/C18H17NO3/c1-19-15-10-6-5-9-14(15)18(17(19)22,12-16(20)21)11-13-7-3-2-4-8-13/h2-10H,11-12H2,1H3,(H,20,21). The number of carbonyl (C=O) groups is 2. The van der Waals surface area contributed by atoms with Crippen LogP contribution in [0.15, 0.2) is 54.6 Å². The van der Waals surface area contributed by atoms with E-state index in [0.29, 0.717) is 6.42 Å². The molecule has 1 N–H and O–H groups in total. The third-order valence-electron chi connectivity index (χ3n) is 4.30. The van der Waals surface area contributed by atoms with Gasteiger partial charge in [-0.25, -0.2) is 0 Å². The zero-order chi connectivity index (χ0) is 15.7. The first-order valence-electron chi connectivity index (χ1n) is 7.18. The Hall–Kier alpha value is -2.62. The summed E-state index contributed by atoms with van der Waals surface area (Å²) < 4.78 is 0. The van der Waals surface area contributed by atoms with Crippen LogP contribution in [-0.2, 0) is 21.4 Å². The van der Waals surface area contributed by atoms with E-state index in [-0.39, 0.29) is 12.3 Å². The molecule has 4 heteroatoms. The molecule has 22 heavy (non-hydrogen) atoms. The van der Waals surface area contributed by atoms with Gasteiger partial charge in [-0.3, -0.25) is 9.59 Å². The molecular weight excluding hydrogens is 278 g/mol. The predicted molar refractivity (Wildman–Crippen MR) is 83.9 cm³/mol. The van der Waals surface area contributed by atoms with Crippen molar-refractivity contribution in [1.82, 2.24) is 0 Å². The van der Waals surface area contributed by atoms with Crippen LogP contribution in [0, 0.1) is 0 Å². The molecule has 0 saturated heterocycles. The number of fused-ring (bicyclic) bond motifs is 1. The van der Waals surface area contributed by atoms with E-state index in [0.717, 1.165) is 16.8 Å². The molecule has 2 aromatic carbocycles. The van der Waals surface area contributed by atoms with Gasteiger partial charge in [0.05, 0.1) is 11.8 Å². The maximum absolute atomic E-state index is 12.9. The largest absolute Gasteiger partial charge is 0.481 e. The number of aliphatic carboxylic acids is 1. The van der Waals surface area contributed by atoms with Gasteiger partial charge in [0.25, 0.3) is 0 Å². The Bertz CT molecular complexity index is 726. The molecule has 0 aromatic heterocycles. The first-order valence-corrected chi connectivity index (χ1v) is 7.18. The van der Waals surface area contributed by atoms with E-state index in [4.69, 9.17) is 0 Å². The number of para-hydroxylation sites is 1. The minimum atomic E-state index is -1.03. The van der Waals surface area contributed by atoms with Gasteiger partial charge in [0.1, 0.15) is 0 Å². The summed E-state index contributed by atoms with van der Waals surface area (Å²) in [6.07, 6.45) is 0.183. The van der Waals surface area contributed by atoms with Gasteiger partial charge in [0.15, 0.2) is 0 Å². The van der Waals surface area contributed by atoms with Crippen molar-refractivity contribution in [3.63, 3.8) is 0 Å². The maximum Gasteiger partial charge on any atom is 0.304 e. The Morgan fingerprint density at radius 1 is 1.09 bits per heavy atom. The molecule has 1 atom stereocenters. The van der Waals surface area contributed by atoms with Gasteiger partial charge < -0.3 is 10.0 Å². The highest BCUT2D eigenvalue weighted by molar-refractivity contribution is 6.09. The van der Waals surface area contributed by atoms with Gasteiger partial charge in [-0.1, -0.05) is 48.5 Å². The van der Waals surface area contributed by atoms with Crippen molar-refractivity contribution >= 4 is 17.6 Å². The number of rotatable bonds is 4. The third-order valence-corrected chi connectivity index (χ3v) is 4.30. The number of hydrogen-bond acceptors (Lipinski definition) is 2. The van der Waals surface area contributed by atoms with Crippen molar-refractivity contribution in [2.45, 2.75) is 18.3 Å². The third kappa shape index (κ3) is 2.17. The molecule has 112 valence electrons. The lowest BCUT2D eigenvalue weighted by molar-refractivity contribution is -0.141. The lowest BCUT2D eigenvalue weighted by Gasteiger charge is -2.26. The topological polar surface area (TPSA) is 57.6 Å². The summed E-state index contributed by atoms with van der Waals surface area (Å²) in [4.78, 5) is 25.9. The van der Waals surface area contributed by atoms with Crippen LogP contribution in [-0.4, -0.2) is 24.0 Å².